The van der Waals surface area contributed by atoms with Crippen molar-refractivity contribution in [2.45, 2.75) is 26.4 Å². The van der Waals surface area contributed by atoms with Gasteiger partial charge in [-0.15, -0.1) is 11.3 Å². The Morgan fingerprint density at radius 3 is 3.00 bits per heavy atom. The molecule has 20 heavy (non-hydrogen) atoms. The van der Waals surface area contributed by atoms with Crippen molar-refractivity contribution in [3.05, 3.63) is 39.8 Å². The molecular weight excluding hydrogens is 272 g/mol. The van der Waals surface area contributed by atoms with Gasteiger partial charge in [0.1, 0.15) is 5.01 Å². The van der Waals surface area contributed by atoms with Crippen molar-refractivity contribution >= 4 is 11.3 Å². The number of hydrogen-bond donors (Lipinski definition) is 1. The van der Waals surface area contributed by atoms with E-state index in [4.69, 9.17) is 9.47 Å². The van der Waals surface area contributed by atoms with E-state index in [1.165, 1.54) is 0 Å². The number of benzene rings is 1. The largest absolute Gasteiger partial charge is 0.490 e. The van der Waals surface area contributed by atoms with E-state index in [1.54, 1.807) is 11.3 Å². The van der Waals surface area contributed by atoms with E-state index in [9.17, 15) is 0 Å². The Hall–Kier alpha value is -1.59. The molecule has 5 heteroatoms. The second-order valence-electron chi connectivity index (χ2n) is 4.78. The van der Waals surface area contributed by atoms with Crippen molar-refractivity contribution in [3.8, 4) is 11.5 Å². The normalized spacial score (nSPS) is 14.1. The van der Waals surface area contributed by atoms with Crippen molar-refractivity contribution in [2.75, 3.05) is 13.2 Å². The third-order valence-electron chi connectivity index (χ3n) is 3.11. The minimum atomic E-state index is 0.718. The summed E-state index contributed by atoms with van der Waals surface area (Å²) in [5.41, 5.74) is 2.22. The predicted octanol–water partition coefficient (Wildman–Crippen LogP) is 2.90. The molecule has 0 amide bonds. The second-order valence-corrected chi connectivity index (χ2v) is 5.72. The number of nitrogens with zero attached hydrogens (tertiary/aromatic N) is 1. The highest BCUT2D eigenvalue weighted by Gasteiger charge is 2.14. The van der Waals surface area contributed by atoms with E-state index in [0.29, 0.717) is 0 Å². The molecule has 0 unspecified atom stereocenters. The molecule has 3 rings (SSSR count). The van der Waals surface area contributed by atoms with Gasteiger partial charge < -0.3 is 14.8 Å². The van der Waals surface area contributed by atoms with Crippen LogP contribution in [0.3, 0.4) is 0 Å². The third-order valence-corrected chi connectivity index (χ3v) is 4.08. The summed E-state index contributed by atoms with van der Waals surface area (Å²) in [5, 5.41) is 6.60. The van der Waals surface area contributed by atoms with E-state index in [1.807, 2.05) is 19.1 Å². The number of hydrogen-bond acceptors (Lipinski definition) is 5. The number of para-hydroxylation sites is 1. The molecule has 0 radical (unpaired) electrons. The van der Waals surface area contributed by atoms with E-state index in [-0.39, 0.29) is 0 Å². The molecule has 0 spiro atoms. The molecule has 0 saturated carbocycles. The van der Waals surface area contributed by atoms with E-state index in [2.05, 4.69) is 21.7 Å². The Kier molecular flexibility index (Phi) is 4.18. The van der Waals surface area contributed by atoms with Crippen LogP contribution in [0.15, 0.2) is 23.6 Å². The predicted molar refractivity (Wildman–Crippen MR) is 79.4 cm³/mol. The lowest BCUT2D eigenvalue weighted by molar-refractivity contribution is 0.296. The number of aryl methyl sites for hydroxylation is 1. The quantitative estimate of drug-likeness (QED) is 0.940. The monoisotopic (exact) mass is 290 g/mol. The van der Waals surface area contributed by atoms with Crippen LogP contribution in [0.5, 0.6) is 11.5 Å². The molecule has 0 bridgehead atoms. The highest BCUT2D eigenvalue weighted by atomic mass is 32.1. The van der Waals surface area contributed by atoms with Crippen LogP contribution in [0.2, 0.25) is 0 Å². The summed E-state index contributed by atoms with van der Waals surface area (Å²) in [6.45, 7) is 4.99. The van der Waals surface area contributed by atoms with Gasteiger partial charge in [-0.25, -0.2) is 4.98 Å². The van der Waals surface area contributed by atoms with Gasteiger partial charge in [0.15, 0.2) is 11.5 Å². The maximum absolute atomic E-state index is 5.81. The third kappa shape index (κ3) is 3.11. The first kappa shape index (κ1) is 13.4. The summed E-state index contributed by atoms with van der Waals surface area (Å²) in [6, 6.07) is 6.06. The maximum atomic E-state index is 5.81. The molecule has 0 aliphatic carbocycles. The summed E-state index contributed by atoms with van der Waals surface area (Å²) >= 11 is 1.69. The lowest BCUT2D eigenvalue weighted by Crippen LogP contribution is -2.13. The number of fused-ring (bicyclic) bond motifs is 1. The highest BCUT2D eigenvalue weighted by molar-refractivity contribution is 7.09. The molecule has 0 fully saturated rings. The first-order chi connectivity index (χ1) is 9.83. The zero-order valence-corrected chi connectivity index (χ0v) is 12.3. The van der Waals surface area contributed by atoms with Gasteiger partial charge in [-0.3, -0.25) is 0 Å². The molecule has 0 atom stereocenters. The Bertz CT molecular complexity index is 583. The molecule has 1 aromatic heterocycles. The molecule has 1 aromatic carbocycles. The minimum Gasteiger partial charge on any atom is -0.490 e. The average Bonchev–Trinajstić information content (AvgIpc) is 2.73. The molecule has 1 N–H and O–H groups in total. The summed E-state index contributed by atoms with van der Waals surface area (Å²) in [7, 11) is 0. The van der Waals surface area contributed by atoms with Crippen LogP contribution in [0.25, 0.3) is 0 Å². The average molecular weight is 290 g/mol. The number of ether oxygens (including phenoxy) is 2. The Morgan fingerprint density at radius 2 is 2.15 bits per heavy atom. The molecule has 2 aromatic rings. The first-order valence-corrected chi connectivity index (χ1v) is 7.70. The van der Waals surface area contributed by atoms with Crippen molar-refractivity contribution in [2.24, 2.45) is 0 Å². The lowest BCUT2D eigenvalue weighted by Gasteiger charge is -2.12. The fraction of sp³-hybridized carbons (Fsp3) is 0.400. The van der Waals surface area contributed by atoms with Crippen LogP contribution >= 0.6 is 11.3 Å². The van der Waals surface area contributed by atoms with Gasteiger partial charge in [0, 0.05) is 36.1 Å². The Morgan fingerprint density at radius 1 is 1.25 bits per heavy atom. The van der Waals surface area contributed by atoms with E-state index < -0.39 is 0 Å². The lowest BCUT2D eigenvalue weighted by atomic mass is 10.2. The molecular formula is C15H18N2O2S. The number of nitrogens with one attached hydrogen (secondary N) is 1. The summed E-state index contributed by atoms with van der Waals surface area (Å²) in [6.07, 6.45) is 0.930. The zero-order chi connectivity index (χ0) is 13.8. The Labute approximate surface area is 122 Å². The van der Waals surface area contributed by atoms with Gasteiger partial charge in [-0.1, -0.05) is 12.1 Å². The van der Waals surface area contributed by atoms with Crippen LogP contribution in [0.4, 0.5) is 0 Å². The van der Waals surface area contributed by atoms with Crippen LogP contribution in [0, 0.1) is 6.92 Å². The van der Waals surface area contributed by atoms with E-state index in [0.717, 1.165) is 60.5 Å². The van der Waals surface area contributed by atoms with Crippen LogP contribution < -0.4 is 14.8 Å². The Balaban J connectivity index is 1.65. The van der Waals surface area contributed by atoms with Crippen molar-refractivity contribution in [1.29, 1.82) is 0 Å². The van der Waals surface area contributed by atoms with Crippen LogP contribution in [-0.2, 0) is 13.1 Å². The van der Waals surface area contributed by atoms with Gasteiger partial charge in [0.25, 0.3) is 0 Å². The van der Waals surface area contributed by atoms with Crippen molar-refractivity contribution < 1.29 is 9.47 Å². The van der Waals surface area contributed by atoms with E-state index >= 15 is 0 Å². The zero-order valence-electron chi connectivity index (χ0n) is 11.5. The van der Waals surface area contributed by atoms with Gasteiger partial charge in [-0.05, 0) is 13.0 Å². The molecule has 4 nitrogen and oxygen atoms in total. The molecule has 1 aliphatic heterocycles. The molecule has 2 heterocycles. The molecule has 0 saturated heterocycles. The fourth-order valence-corrected chi connectivity index (χ4v) is 2.92. The van der Waals surface area contributed by atoms with Crippen molar-refractivity contribution in [3.63, 3.8) is 0 Å². The molecule has 1 aliphatic rings. The maximum Gasteiger partial charge on any atom is 0.165 e. The second kappa shape index (κ2) is 6.24. The topological polar surface area (TPSA) is 43.4 Å². The summed E-state index contributed by atoms with van der Waals surface area (Å²) in [4.78, 5) is 4.44. The SMILES string of the molecule is Cc1csc(CNCc2cccc3c2OCCCO3)n1. The first-order valence-electron chi connectivity index (χ1n) is 6.82. The summed E-state index contributed by atoms with van der Waals surface area (Å²) in [5.74, 6) is 1.74. The standard InChI is InChI=1S/C15H18N2O2S/c1-11-10-20-14(17-11)9-16-8-12-4-2-5-13-15(12)19-7-3-6-18-13/h2,4-5,10,16H,3,6-9H2,1H3. The minimum absolute atomic E-state index is 0.718. The van der Waals surface area contributed by atoms with Crippen LogP contribution in [-0.4, -0.2) is 18.2 Å². The van der Waals surface area contributed by atoms with Gasteiger partial charge in [0.05, 0.1) is 13.2 Å². The fourth-order valence-electron chi connectivity index (χ4n) is 2.18. The number of rotatable bonds is 4. The van der Waals surface area contributed by atoms with Crippen molar-refractivity contribution in [1.82, 2.24) is 10.3 Å². The number of thiazole rings is 1. The van der Waals surface area contributed by atoms with Crippen LogP contribution in [0.1, 0.15) is 22.7 Å². The van der Waals surface area contributed by atoms with Gasteiger partial charge in [0.2, 0.25) is 0 Å². The number of aromatic nitrogens is 1. The smallest absolute Gasteiger partial charge is 0.165 e. The van der Waals surface area contributed by atoms with Gasteiger partial charge >= 0.3 is 0 Å². The summed E-state index contributed by atoms with van der Waals surface area (Å²) < 4.78 is 11.5. The molecule has 106 valence electrons. The van der Waals surface area contributed by atoms with Gasteiger partial charge in [-0.2, -0.15) is 0 Å². The highest BCUT2D eigenvalue weighted by Crippen LogP contribution is 2.33.